The minimum absolute atomic E-state index is 0.0148. The van der Waals surface area contributed by atoms with Gasteiger partial charge >= 0.3 is 6.18 Å². The van der Waals surface area contributed by atoms with E-state index in [1.807, 2.05) is 6.07 Å². The van der Waals surface area contributed by atoms with Crippen LogP contribution >= 0.6 is 0 Å². The quantitative estimate of drug-likeness (QED) is 0.363. The largest absolute Gasteiger partial charge is 0.409 e. The predicted molar refractivity (Wildman–Crippen MR) is 132 cm³/mol. The van der Waals surface area contributed by atoms with Crippen LogP contribution in [0, 0.1) is 17.0 Å². The molecule has 2 saturated heterocycles. The van der Waals surface area contributed by atoms with Crippen LogP contribution < -0.4 is 10.6 Å². The number of anilines is 2. The van der Waals surface area contributed by atoms with E-state index in [1.165, 1.54) is 6.07 Å². The van der Waals surface area contributed by atoms with Crippen LogP contribution in [0.2, 0.25) is 0 Å². The van der Waals surface area contributed by atoms with Crippen molar-refractivity contribution in [2.45, 2.75) is 31.6 Å². The molecule has 1 spiro atoms. The van der Waals surface area contributed by atoms with Gasteiger partial charge in [0.15, 0.2) is 11.6 Å². The summed E-state index contributed by atoms with van der Waals surface area (Å²) in [7, 11) is 0. The molecular formula is C26H23F5N8. The molecule has 39 heavy (non-hydrogen) atoms. The van der Waals surface area contributed by atoms with Gasteiger partial charge in [-0.3, -0.25) is 4.90 Å². The second kappa shape index (κ2) is 8.65. The van der Waals surface area contributed by atoms with E-state index in [2.05, 4.69) is 35.5 Å². The minimum Gasteiger partial charge on any atom is -0.316 e. The van der Waals surface area contributed by atoms with Crippen LogP contribution in [0.4, 0.5) is 33.7 Å². The Morgan fingerprint density at radius 2 is 1.85 bits per heavy atom. The molecule has 3 aromatic heterocycles. The molecule has 0 aliphatic carbocycles. The zero-order valence-corrected chi connectivity index (χ0v) is 20.6. The Balaban J connectivity index is 1.13. The number of fused-ring (bicyclic) bond motifs is 3. The average molecular weight is 543 g/mol. The third-order valence-corrected chi connectivity index (χ3v) is 7.76. The first kappa shape index (κ1) is 24.3. The fraction of sp³-hybridized carbons (Fsp3) is 0.385. The zero-order chi connectivity index (χ0) is 26.9. The van der Waals surface area contributed by atoms with Gasteiger partial charge in [-0.1, -0.05) is 6.07 Å². The van der Waals surface area contributed by atoms with Gasteiger partial charge in [0, 0.05) is 56.3 Å². The number of likely N-dealkylation sites (tertiary alicyclic amines) is 1. The van der Waals surface area contributed by atoms with Crippen molar-refractivity contribution in [3.05, 3.63) is 59.7 Å². The summed E-state index contributed by atoms with van der Waals surface area (Å²) in [6, 6.07) is 4.20. The van der Waals surface area contributed by atoms with E-state index in [0.717, 1.165) is 55.1 Å². The van der Waals surface area contributed by atoms with Crippen LogP contribution in [0.5, 0.6) is 0 Å². The maximum Gasteiger partial charge on any atom is 0.409 e. The van der Waals surface area contributed by atoms with E-state index in [-0.39, 0.29) is 46.9 Å². The first-order chi connectivity index (χ1) is 18.7. The lowest BCUT2D eigenvalue weighted by atomic mass is 9.74. The number of benzene rings is 1. The third-order valence-electron chi connectivity index (χ3n) is 7.76. The molecule has 3 aliphatic heterocycles. The van der Waals surface area contributed by atoms with Gasteiger partial charge in [0.1, 0.15) is 28.9 Å². The van der Waals surface area contributed by atoms with Gasteiger partial charge in [-0.2, -0.15) is 13.2 Å². The molecule has 1 aromatic carbocycles. The second-order valence-corrected chi connectivity index (χ2v) is 10.6. The summed E-state index contributed by atoms with van der Waals surface area (Å²) in [4.78, 5) is 19.0. The SMILES string of the molecule is Fc1cnc(Nc2ccc(CN3CC4(CNC4)C3)cn2)nc1-c1cc(F)c2nc3n(c2c1)C(C(F)(F)F)CC3. The van der Waals surface area contributed by atoms with Crippen LogP contribution in [-0.4, -0.2) is 61.8 Å². The summed E-state index contributed by atoms with van der Waals surface area (Å²) < 4.78 is 71.6. The van der Waals surface area contributed by atoms with Crippen molar-refractivity contribution >= 4 is 22.8 Å². The highest BCUT2D eigenvalue weighted by atomic mass is 19.4. The van der Waals surface area contributed by atoms with Gasteiger partial charge in [0.2, 0.25) is 5.95 Å². The number of imidazole rings is 1. The van der Waals surface area contributed by atoms with Crippen LogP contribution in [0.15, 0.2) is 36.7 Å². The van der Waals surface area contributed by atoms with E-state index >= 15 is 0 Å². The molecule has 1 atom stereocenters. The molecular weight excluding hydrogens is 519 g/mol. The Morgan fingerprint density at radius 1 is 1.03 bits per heavy atom. The lowest BCUT2D eigenvalue weighted by molar-refractivity contribution is -0.164. The normalized spacial score (nSPS) is 20.2. The van der Waals surface area contributed by atoms with Crippen LogP contribution in [0.25, 0.3) is 22.3 Å². The lowest BCUT2D eigenvalue weighted by Gasteiger charge is -2.56. The Hall–Kier alpha value is -3.71. The van der Waals surface area contributed by atoms with Crippen molar-refractivity contribution in [2.75, 3.05) is 31.5 Å². The minimum atomic E-state index is -4.52. The zero-order valence-electron chi connectivity index (χ0n) is 20.6. The van der Waals surface area contributed by atoms with Gasteiger partial charge in [-0.15, -0.1) is 0 Å². The van der Waals surface area contributed by atoms with Gasteiger partial charge in [0.05, 0.1) is 11.7 Å². The maximum absolute atomic E-state index is 15.0. The van der Waals surface area contributed by atoms with Crippen molar-refractivity contribution in [1.29, 1.82) is 0 Å². The Kier molecular flexibility index (Phi) is 5.40. The van der Waals surface area contributed by atoms with Gasteiger partial charge < -0.3 is 15.2 Å². The van der Waals surface area contributed by atoms with Crippen LogP contribution in [-0.2, 0) is 13.0 Å². The summed E-state index contributed by atoms with van der Waals surface area (Å²) in [5, 5.41) is 6.23. The molecule has 6 heterocycles. The molecule has 13 heteroatoms. The van der Waals surface area contributed by atoms with E-state index in [9.17, 15) is 22.0 Å². The molecule has 7 rings (SSSR count). The van der Waals surface area contributed by atoms with E-state index in [0.29, 0.717) is 11.2 Å². The standard InChI is InChI=1S/C26H23F5N8/c27-16-5-15(6-18-23(16)36-21-4-2-19(39(18)21)26(29,30)31)22-17(28)8-34-24(37-22)35-20-3-1-14(7-33-20)9-38-12-25(13-38)10-32-11-25/h1,3,5-8,19,32H,2,4,9-13H2,(H,33,34,35,37). The topological polar surface area (TPSA) is 83.8 Å². The summed E-state index contributed by atoms with van der Waals surface area (Å²) >= 11 is 0. The fourth-order valence-corrected chi connectivity index (χ4v) is 5.88. The van der Waals surface area contributed by atoms with Crippen LogP contribution in [0.1, 0.15) is 23.9 Å². The number of rotatable bonds is 5. The molecule has 2 fully saturated rings. The summed E-state index contributed by atoms with van der Waals surface area (Å²) in [5.41, 5.74) is 0.995. The fourth-order valence-electron chi connectivity index (χ4n) is 5.88. The average Bonchev–Trinajstić information content (AvgIpc) is 3.42. The Morgan fingerprint density at radius 3 is 2.54 bits per heavy atom. The van der Waals surface area contributed by atoms with E-state index in [4.69, 9.17) is 0 Å². The smallest absolute Gasteiger partial charge is 0.316 e. The number of nitrogens with zero attached hydrogens (tertiary/aromatic N) is 6. The van der Waals surface area contributed by atoms with E-state index in [1.54, 1.807) is 12.3 Å². The van der Waals surface area contributed by atoms with E-state index < -0.39 is 23.9 Å². The van der Waals surface area contributed by atoms with Gasteiger partial charge in [0.25, 0.3) is 0 Å². The molecule has 0 bridgehead atoms. The molecule has 0 amide bonds. The highest BCUT2D eigenvalue weighted by molar-refractivity contribution is 5.83. The highest BCUT2D eigenvalue weighted by Gasteiger charge is 2.47. The monoisotopic (exact) mass is 542 g/mol. The Bertz CT molecular complexity index is 1570. The first-order valence-corrected chi connectivity index (χ1v) is 12.6. The number of alkyl halides is 3. The molecule has 3 aliphatic rings. The van der Waals surface area contributed by atoms with Crippen molar-refractivity contribution in [1.82, 2.24) is 34.7 Å². The molecule has 1 unspecified atom stereocenters. The predicted octanol–water partition coefficient (Wildman–Crippen LogP) is 4.36. The van der Waals surface area contributed by atoms with Crippen LogP contribution in [0.3, 0.4) is 0 Å². The number of hydrogen-bond donors (Lipinski definition) is 2. The first-order valence-electron chi connectivity index (χ1n) is 12.6. The van der Waals surface area contributed by atoms with Gasteiger partial charge in [-0.25, -0.2) is 28.7 Å². The molecule has 8 nitrogen and oxygen atoms in total. The van der Waals surface area contributed by atoms with Crippen molar-refractivity contribution < 1.29 is 22.0 Å². The number of halogens is 5. The summed E-state index contributed by atoms with van der Waals surface area (Å²) in [6.45, 7) is 5.08. The molecule has 2 N–H and O–H groups in total. The Labute approximate surface area is 219 Å². The number of aromatic nitrogens is 5. The molecule has 0 radical (unpaired) electrons. The molecule has 202 valence electrons. The highest BCUT2D eigenvalue weighted by Crippen LogP contribution is 2.42. The number of pyridine rings is 1. The molecule has 4 aromatic rings. The number of nitrogens with one attached hydrogen (secondary N) is 2. The van der Waals surface area contributed by atoms with Crippen molar-refractivity contribution in [3.8, 4) is 11.3 Å². The third kappa shape index (κ3) is 4.20. The van der Waals surface area contributed by atoms with Crippen molar-refractivity contribution in [3.63, 3.8) is 0 Å². The lowest BCUT2D eigenvalue weighted by Crippen LogP contribution is -2.70. The molecule has 0 saturated carbocycles. The number of aryl methyl sites for hydroxylation is 1. The summed E-state index contributed by atoms with van der Waals surface area (Å²) in [6.07, 6.45) is -1.94. The van der Waals surface area contributed by atoms with Crippen molar-refractivity contribution in [2.24, 2.45) is 5.41 Å². The van der Waals surface area contributed by atoms with Gasteiger partial charge in [-0.05, 0) is 30.2 Å². The second-order valence-electron chi connectivity index (χ2n) is 10.6. The number of hydrogen-bond acceptors (Lipinski definition) is 7. The summed E-state index contributed by atoms with van der Waals surface area (Å²) in [5.74, 6) is -1.09. The maximum atomic E-state index is 15.0.